The van der Waals surface area contributed by atoms with Gasteiger partial charge in [-0.05, 0) is 42.4 Å². The highest BCUT2D eigenvalue weighted by molar-refractivity contribution is 8.22. The zero-order valence-corrected chi connectivity index (χ0v) is 23.4. The number of nitrogens with zero attached hydrogens (tertiary/aromatic N) is 2. The van der Waals surface area contributed by atoms with E-state index in [0.29, 0.717) is 38.8 Å². The lowest BCUT2D eigenvalue weighted by atomic mass is 9.94. The molecule has 2 heterocycles. The Balaban J connectivity index is 0.00000190. The molecule has 0 spiro atoms. The van der Waals surface area contributed by atoms with E-state index >= 15 is 0 Å². The van der Waals surface area contributed by atoms with Crippen molar-refractivity contribution in [1.29, 1.82) is 0 Å². The predicted molar refractivity (Wildman–Crippen MR) is 156 cm³/mol. The van der Waals surface area contributed by atoms with Crippen LogP contribution in [-0.4, -0.2) is 21.1 Å². The molecule has 0 saturated carbocycles. The Hall–Kier alpha value is -2.61. The number of aliphatic carboxylic acids is 1. The Morgan fingerprint density at radius 3 is 2.32 bits per heavy atom. The number of para-hydroxylation sites is 1. The van der Waals surface area contributed by atoms with Crippen LogP contribution in [0.15, 0.2) is 95.3 Å². The van der Waals surface area contributed by atoms with Crippen LogP contribution >= 0.6 is 59.8 Å². The molecule has 1 atom stereocenters. The van der Waals surface area contributed by atoms with Crippen molar-refractivity contribution in [3.8, 4) is 5.75 Å². The number of halogens is 4. The number of carboxylic acids is 1. The maximum atomic E-state index is 12.4. The van der Waals surface area contributed by atoms with Crippen molar-refractivity contribution in [2.24, 2.45) is 4.99 Å². The van der Waals surface area contributed by atoms with Gasteiger partial charge >= 0.3 is 5.97 Å². The van der Waals surface area contributed by atoms with Crippen LogP contribution in [0.5, 0.6) is 5.75 Å². The van der Waals surface area contributed by atoms with Gasteiger partial charge in [-0.3, -0.25) is 0 Å². The van der Waals surface area contributed by atoms with Crippen LogP contribution in [0.1, 0.15) is 29.7 Å². The fourth-order valence-corrected chi connectivity index (χ4v) is 6.01. The fourth-order valence-electron chi connectivity index (χ4n) is 4.16. The Labute approximate surface area is 241 Å². The fraction of sp³-hybridized carbons (Fsp3) is 0.111. The summed E-state index contributed by atoms with van der Waals surface area (Å²) < 4.78 is 6.19. The molecule has 192 valence electrons. The maximum absolute atomic E-state index is 12.4. The first kappa shape index (κ1) is 29.0. The Kier molecular flexibility index (Phi) is 9.62. The molecular weight excluding hydrogens is 574 g/mol. The zero-order chi connectivity index (χ0) is 24.5. The summed E-state index contributed by atoms with van der Waals surface area (Å²) in [5.74, 6) is -0.424. The summed E-state index contributed by atoms with van der Waals surface area (Å²) in [6.45, 7) is 2.08. The highest BCUT2D eigenvalue weighted by atomic mass is 35.5. The van der Waals surface area contributed by atoms with Crippen molar-refractivity contribution in [1.82, 2.24) is 4.90 Å². The van der Waals surface area contributed by atoms with Crippen molar-refractivity contribution in [2.75, 3.05) is 0 Å². The summed E-state index contributed by atoms with van der Waals surface area (Å²) in [5, 5.41) is 11.9. The number of allylic oxidation sites excluding steroid dienone is 1. The third-order valence-corrected chi connectivity index (χ3v) is 7.42. The number of ether oxygens (including phenoxy) is 1. The lowest BCUT2D eigenvalue weighted by molar-refractivity contribution is -0.133. The maximum Gasteiger partial charge on any atom is 0.335 e. The zero-order valence-electron chi connectivity index (χ0n) is 19.4. The number of benzene rings is 3. The first-order valence-electron chi connectivity index (χ1n) is 10.8. The Morgan fingerprint density at radius 1 is 1.00 bits per heavy atom. The minimum absolute atomic E-state index is 0. The van der Waals surface area contributed by atoms with Gasteiger partial charge < -0.3 is 14.7 Å². The van der Waals surface area contributed by atoms with E-state index in [2.05, 4.69) is 4.99 Å². The molecule has 0 fully saturated rings. The van der Waals surface area contributed by atoms with Crippen molar-refractivity contribution in [3.63, 3.8) is 0 Å². The number of amidine groups is 1. The molecule has 10 heteroatoms. The van der Waals surface area contributed by atoms with E-state index in [0.717, 1.165) is 16.0 Å². The first-order chi connectivity index (χ1) is 16.9. The van der Waals surface area contributed by atoms with E-state index in [9.17, 15) is 9.90 Å². The monoisotopic (exact) mass is 594 g/mol. The minimum atomic E-state index is -1.03. The van der Waals surface area contributed by atoms with Crippen LogP contribution in [0.3, 0.4) is 0 Å². The average molecular weight is 596 g/mol. The van der Waals surface area contributed by atoms with Crippen LogP contribution in [0.25, 0.3) is 4.91 Å². The van der Waals surface area contributed by atoms with Gasteiger partial charge in [0.25, 0.3) is 0 Å². The van der Waals surface area contributed by atoms with Gasteiger partial charge in [0.15, 0.2) is 5.17 Å². The van der Waals surface area contributed by atoms with Crippen LogP contribution in [-0.2, 0) is 11.4 Å². The molecule has 0 saturated heterocycles. The summed E-state index contributed by atoms with van der Waals surface area (Å²) >= 11 is 14.4. The molecule has 0 radical (unpaired) electrons. The van der Waals surface area contributed by atoms with Gasteiger partial charge in [-0.15, -0.1) is 24.8 Å². The molecule has 5 rings (SSSR count). The van der Waals surface area contributed by atoms with Crippen molar-refractivity contribution >= 4 is 75.8 Å². The number of rotatable bonds is 6. The largest absolute Gasteiger partial charge is 0.489 e. The van der Waals surface area contributed by atoms with Crippen molar-refractivity contribution in [2.45, 2.75) is 19.6 Å². The smallest absolute Gasteiger partial charge is 0.335 e. The number of carboxylic acid groups (broad SMARTS) is 1. The molecule has 0 aromatic heterocycles. The first-order valence-corrected chi connectivity index (χ1v) is 12.4. The summed E-state index contributed by atoms with van der Waals surface area (Å²) in [4.78, 5) is 19.7. The lowest BCUT2D eigenvalue weighted by Crippen LogP contribution is -2.33. The second kappa shape index (κ2) is 12.3. The lowest BCUT2D eigenvalue weighted by Gasteiger charge is -2.33. The van der Waals surface area contributed by atoms with Crippen LogP contribution < -0.4 is 4.74 Å². The topological polar surface area (TPSA) is 62.1 Å². The second-order valence-electron chi connectivity index (χ2n) is 8.01. The van der Waals surface area contributed by atoms with Gasteiger partial charge in [0, 0.05) is 22.2 Å². The summed E-state index contributed by atoms with van der Waals surface area (Å²) in [5.41, 5.74) is 3.08. The summed E-state index contributed by atoms with van der Waals surface area (Å²) in [6, 6.07) is 22.0. The van der Waals surface area contributed by atoms with E-state index in [1.54, 1.807) is 25.1 Å². The molecule has 37 heavy (non-hydrogen) atoms. The number of fused-ring (bicyclic) bond motifs is 1. The highest BCUT2D eigenvalue weighted by Gasteiger charge is 2.40. The third kappa shape index (κ3) is 5.79. The molecule has 0 aliphatic carbocycles. The number of carbonyl (C=O) groups is 1. The number of hydrogen-bond acceptors (Lipinski definition) is 5. The van der Waals surface area contributed by atoms with Crippen LogP contribution in [0.2, 0.25) is 10.0 Å². The van der Waals surface area contributed by atoms with Gasteiger partial charge in [0.1, 0.15) is 12.4 Å². The average Bonchev–Trinajstić information content (AvgIpc) is 3.25. The highest BCUT2D eigenvalue weighted by Crippen LogP contribution is 2.50. The molecular formula is C27H22Cl4N2O3S. The van der Waals surface area contributed by atoms with Gasteiger partial charge in [0.2, 0.25) is 0 Å². The van der Waals surface area contributed by atoms with E-state index in [1.165, 1.54) is 11.8 Å². The molecule has 3 aromatic rings. The third-order valence-electron chi connectivity index (χ3n) is 5.77. The number of aliphatic imine (C=N–C) groups is 1. The summed E-state index contributed by atoms with van der Waals surface area (Å²) in [7, 11) is 0. The van der Waals surface area contributed by atoms with Crippen LogP contribution in [0, 0.1) is 0 Å². The van der Waals surface area contributed by atoms with Gasteiger partial charge in [-0.2, -0.15) is 0 Å². The molecule has 5 nitrogen and oxygen atoms in total. The molecule has 0 bridgehead atoms. The molecule has 0 unspecified atom stereocenters. The standard InChI is InChI=1S/C27H20Cl2N2O3S.2ClH/c1-16-23(26(32)33)25(18-10-5-6-13-21(18)34-15-17-8-3-2-4-9-17)31-14-22(35-27(31)30-16)24-19(28)11-7-12-20(24)29;;/h2-14,25H,15H2,1H3,(H,32,33);2*1H/t25-;;/m0../s1. The van der Waals surface area contributed by atoms with E-state index in [4.69, 9.17) is 27.9 Å². The Bertz CT molecular complexity index is 1390. The minimum Gasteiger partial charge on any atom is -0.489 e. The molecule has 2 aliphatic heterocycles. The molecule has 0 amide bonds. The van der Waals surface area contributed by atoms with Crippen LogP contribution in [0.4, 0.5) is 0 Å². The molecule has 1 N–H and O–H groups in total. The molecule has 3 aromatic carbocycles. The van der Waals surface area contributed by atoms with Gasteiger partial charge in [-0.1, -0.05) is 77.8 Å². The number of hydrogen-bond donors (Lipinski definition) is 1. The SMILES string of the molecule is CC1=C(C(=O)O)[C@H](c2ccccc2OCc2ccccc2)N2C=C(c3c(Cl)cccc3Cl)SC2=N1.Cl.Cl. The van der Waals surface area contributed by atoms with E-state index in [-0.39, 0.29) is 30.4 Å². The van der Waals surface area contributed by atoms with Gasteiger partial charge in [0.05, 0.1) is 27.4 Å². The quantitative estimate of drug-likeness (QED) is 0.311. The second-order valence-corrected chi connectivity index (χ2v) is 9.84. The van der Waals surface area contributed by atoms with Gasteiger partial charge in [-0.25, -0.2) is 9.79 Å². The number of thioether (sulfide) groups is 1. The Morgan fingerprint density at radius 2 is 1.65 bits per heavy atom. The predicted octanol–water partition coefficient (Wildman–Crippen LogP) is 8.23. The molecule has 2 aliphatic rings. The van der Waals surface area contributed by atoms with E-state index in [1.807, 2.05) is 65.7 Å². The normalized spacial score (nSPS) is 16.2. The van der Waals surface area contributed by atoms with E-state index < -0.39 is 12.0 Å². The van der Waals surface area contributed by atoms with Crippen molar-refractivity contribution < 1.29 is 14.6 Å². The van der Waals surface area contributed by atoms with Crippen molar-refractivity contribution in [3.05, 3.63) is 117 Å². The summed E-state index contributed by atoms with van der Waals surface area (Å²) in [6.07, 6.45) is 1.87.